The van der Waals surface area contributed by atoms with Crippen LogP contribution in [0.5, 0.6) is 0 Å². The second-order valence-corrected chi connectivity index (χ2v) is 26.2. The van der Waals surface area contributed by atoms with Crippen molar-refractivity contribution in [2.24, 2.45) is 0 Å². The zero-order chi connectivity index (χ0) is 67.5. The highest BCUT2D eigenvalue weighted by atomic mass is 16.7. The van der Waals surface area contributed by atoms with E-state index in [1.54, 1.807) is 0 Å². The van der Waals surface area contributed by atoms with Crippen LogP contribution in [0, 0.1) is 0 Å². The standard InChI is InChI=1S/C84H141NO8/c1-6-8-10-12-14-16-18-20-22-24-26-28-30-32-34-36-38-40-41-43-45-47-49-51-53-55-57-59-61-63-65-67-69-71-73-75-82(87)93-80(79-92-84(83(88)89)90-77-76-85(3,4)5)78-91-81(86)74-72-70-68-66-64-62-60-58-56-54-52-50-48-46-44-42-39-37-35-33-31-29-27-25-23-21-19-17-15-13-11-9-7-2/h8-11,14-17,20-23,26-29,32,34,38,40,43,45,49,51,80,84H,6-7,12-13,18-19,24-25,30-31,33,35-37,39,41-42,44,46-48,50,52-79H2,1-5H3/b10-8-,11-9-,16-14-,17-15-,22-20-,23-21-,28-26-,29-27-,34-32-,40-38-,45-43-,51-49-. The highest BCUT2D eigenvalue weighted by Crippen LogP contribution is 2.18. The maximum absolute atomic E-state index is 13.0. The number of likely N-dealkylation sites (N-methyl/N-ethyl adjacent to an activating group) is 1. The zero-order valence-corrected chi connectivity index (χ0v) is 60.6. The molecule has 0 aromatic carbocycles. The highest BCUT2D eigenvalue weighted by Gasteiger charge is 2.22. The van der Waals surface area contributed by atoms with E-state index >= 15 is 0 Å². The SMILES string of the molecule is CC/C=C\C/C=C\C/C=C\C/C=C\C/C=C\C/C=C\C/C=C\C/C=C\CCCCCCCCCCCCC(=O)OC(COC(=O)CCCCCCCCCCCCCCCCCCCCCC/C=C\C/C=C\C/C=C\C/C=C\CC)COC(OCC[N+](C)(C)C)C(=O)[O-]. The molecule has 0 heterocycles. The molecule has 0 rings (SSSR count). The molecule has 2 atom stereocenters. The van der Waals surface area contributed by atoms with Crippen molar-refractivity contribution in [3.63, 3.8) is 0 Å². The molecule has 0 saturated carbocycles. The first-order valence-electron chi connectivity index (χ1n) is 38.0. The molecule has 0 aliphatic rings. The molecular weight excluding hydrogens is 1150 g/mol. The first-order valence-corrected chi connectivity index (χ1v) is 38.0. The van der Waals surface area contributed by atoms with Crippen LogP contribution in [0.1, 0.15) is 309 Å². The quantitative estimate of drug-likeness (QED) is 0.0195. The number of ether oxygens (including phenoxy) is 4. The van der Waals surface area contributed by atoms with E-state index in [4.69, 9.17) is 18.9 Å². The molecule has 0 N–H and O–H groups in total. The van der Waals surface area contributed by atoms with Crippen LogP contribution < -0.4 is 5.11 Å². The molecule has 0 aliphatic heterocycles. The third-order valence-corrected chi connectivity index (χ3v) is 16.1. The van der Waals surface area contributed by atoms with Crippen LogP contribution in [-0.2, 0) is 33.3 Å². The number of unbranched alkanes of at least 4 members (excludes halogenated alkanes) is 30. The number of quaternary nitrogens is 1. The molecule has 0 fully saturated rings. The molecule has 0 saturated heterocycles. The summed E-state index contributed by atoms with van der Waals surface area (Å²) in [5.74, 6) is -2.29. The van der Waals surface area contributed by atoms with Gasteiger partial charge in [-0.1, -0.05) is 327 Å². The summed E-state index contributed by atoms with van der Waals surface area (Å²) >= 11 is 0. The monoisotopic (exact) mass is 1290 g/mol. The van der Waals surface area contributed by atoms with Gasteiger partial charge in [-0.05, 0) is 116 Å². The van der Waals surface area contributed by atoms with Crippen molar-refractivity contribution < 1.29 is 42.9 Å². The van der Waals surface area contributed by atoms with E-state index in [1.165, 1.54) is 154 Å². The molecule has 0 aromatic heterocycles. The van der Waals surface area contributed by atoms with E-state index in [0.717, 1.165) is 122 Å². The van der Waals surface area contributed by atoms with Gasteiger partial charge in [-0.3, -0.25) is 9.59 Å². The van der Waals surface area contributed by atoms with E-state index < -0.39 is 24.3 Å². The van der Waals surface area contributed by atoms with Gasteiger partial charge >= 0.3 is 11.9 Å². The van der Waals surface area contributed by atoms with Gasteiger partial charge in [-0.25, -0.2) is 0 Å². The number of allylic oxidation sites excluding steroid dienone is 24. The van der Waals surface area contributed by atoms with Crippen molar-refractivity contribution in [2.75, 3.05) is 47.5 Å². The molecule has 9 heteroatoms. The summed E-state index contributed by atoms with van der Waals surface area (Å²) in [6, 6.07) is 0. The fraction of sp³-hybridized carbons (Fsp3) is 0.679. The molecular formula is C84H141NO8. The lowest BCUT2D eigenvalue weighted by Gasteiger charge is -2.26. The number of carboxylic acid groups (broad SMARTS) is 1. The fourth-order valence-electron chi connectivity index (χ4n) is 10.4. The summed E-state index contributed by atoms with van der Waals surface area (Å²) in [5, 5.41) is 11.9. The number of hydrogen-bond donors (Lipinski definition) is 0. The Labute approximate surface area is 572 Å². The second-order valence-electron chi connectivity index (χ2n) is 26.2. The number of carboxylic acids is 1. The van der Waals surface area contributed by atoms with Gasteiger partial charge in [0.1, 0.15) is 13.2 Å². The predicted octanol–water partition coefficient (Wildman–Crippen LogP) is 22.9. The minimum absolute atomic E-state index is 0.142. The molecule has 530 valence electrons. The Hall–Kier alpha value is -4.83. The first-order chi connectivity index (χ1) is 45.6. The van der Waals surface area contributed by atoms with Gasteiger partial charge in [0, 0.05) is 12.8 Å². The fourth-order valence-corrected chi connectivity index (χ4v) is 10.4. The summed E-state index contributed by atoms with van der Waals surface area (Å²) in [7, 11) is 5.93. The Bertz CT molecular complexity index is 2040. The van der Waals surface area contributed by atoms with Gasteiger partial charge in [-0.2, -0.15) is 0 Å². The Morgan fingerprint density at radius 1 is 0.323 bits per heavy atom. The largest absolute Gasteiger partial charge is 0.545 e. The number of rotatable bonds is 69. The number of hydrogen-bond acceptors (Lipinski definition) is 8. The van der Waals surface area contributed by atoms with Crippen molar-refractivity contribution in [2.45, 2.75) is 322 Å². The smallest absolute Gasteiger partial charge is 0.306 e. The normalized spacial score (nSPS) is 13.5. The third kappa shape index (κ3) is 74.4. The first kappa shape index (κ1) is 88.2. The maximum Gasteiger partial charge on any atom is 0.306 e. The molecule has 2 unspecified atom stereocenters. The molecule has 93 heavy (non-hydrogen) atoms. The zero-order valence-electron chi connectivity index (χ0n) is 60.6. The number of carbonyl (C=O) groups excluding carboxylic acids is 3. The van der Waals surface area contributed by atoms with Crippen LogP contribution in [0.15, 0.2) is 146 Å². The topological polar surface area (TPSA) is 111 Å². The van der Waals surface area contributed by atoms with E-state index in [-0.39, 0.29) is 38.6 Å². The number of aliphatic carboxylic acids is 1. The summed E-state index contributed by atoms with van der Waals surface area (Å²) < 4.78 is 22.8. The van der Waals surface area contributed by atoms with Gasteiger partial charge in [0.25, 0.3) is 0 Å². The molecule has 9 nitrogen and oxygen atoms in total. The average molecular weight is 1290 g/mol. The maximum atomic E-state index is 13.0. The van der Waals surface area contributed by atoms with Crippen molar-refractivity contribution in [3.05, 3.63) is 146 Å². The van der Waals surface area contributed by atoms with Crippen LogP contribution in [0.2, 0.25) is 0 Å². The molecule has 0 amide bonds. The summed E-state index contributed by atoms with van der Waals surface area (Å²) in [6.07, 6.45) is 104. The van der Waals surface area contributed by atoms with Crippen molar-refractivity contribution in [1.82, 2.24) is 0 Å². The van der Waals surface area contributed by atoms with E-state index in [9.17, 15) is 19.5 Å². The van der Waals surface area contributed by atoms with Gasteiger partial charge in [-0.15, -0.1) is 0 Å². The lowest BCUT2D eigenvalue weighted by atomic mass is 10.0. The predicted molar refractivity (Wildman–Crippen MR) is 398 cm³/mol. The minimum atomic E-state index is -1.63. The van der Waals surface area contributed by atoms with Crippen molar-refractivity contribution in [3.8, 4) is 0 Å². The molecule has 0 spiro atoms. The average Bonchev–Trinajstić information content (AvgIpc) is 3.74. The molecule has 0 aliphatic carbocycles. The number of esters is 2. The lowest BCUT2D eigenvalue weighted by Crippen LogP contribution is -2.44. The molecule has 0 bridgehead atoms. The van der Waals surface area contributed by atoms with Crippen LogP contribution in [0.4, 0.5) is 0 Å². The minimum Gasteiger partial charge on any atom is -0.545 e. The summed E-state index contributed by atoms with van der Waals surface area (Å²) in [4.78, 5) is 37.6. The summed E-state index contributed by atoms with van der Waals surface area (Å²) in [5.41, 5.74) is 0. The van der Waals surface area contributed by atoms with Crippen LogP contribution in [-0.4, -0.2) is 82.3 Å². The Kier molecular flexibility index (Phi) is 69.2. The van der Waals surface area contributed by atoms with E-state index in [0.29, 0.717) is 17.4 Å². The van der Waals surface area contributed by atoms with Crippen molar-refractivity contribution >= 4 is 17.9 Å². The second kappa shape index (κ2) is 73.0. The van der Waals surface area contributed by atoms with E-state index in [2.05, 4.69) is 160 Å². The van der Waals surface area contributed by atoms with Crippen LogP contribution >= 0.6 is 0 Å². The van der Waals surface area contributed by atoms with Crippen LogP contribution in [0.3, 0.4) is 0 Å². The van der Waals surface area contributed by atoms with E-state index in [1.807, 2.05) is 21.1 Å². The van der Waals surface area contributed by atoms with Gasteiger partial charge in [0.2, 0.25) is 0 Å². The molecule has 0 aromatic rings. The number of nitrogens with zero attached hydrogens (tertiary/aromatic N) is 1. The lowest BCUT2D eigenvalue weighted by molar-refractivity contribution is -0.870. The highest BCUT2D eigenvalue weighted by molar-refractivity contribution is 5.70. The van der Waals surface area contributed by atoms with Gasteiger partial charge in [0.15, 0.2) is 12.4 Å². The third-order valence-electron chi connectivity index (χ3n) is 16.1. The molecule has 0 radical (unpaired) electrons. The summed E-state index contributed by atoms with van der Waals surface area (Å²) in [6.45, 7) is 4.53. The van der Waals surface area contributed by atoms with Crippen molar-refractivity contribution in [1.29, 1.82) is 0 Å². The Morgan fingerprint density at radius 3 is 0.860 bits per heavy atom. The Balaban J connectivity index is 4.10. The van der Waals surface area contributed by atoms with Gasteiger partial charge < -0.3 is 33.3 Å². The number of carbonyl (C=O) groups is 3. The van der Waals surface area contributed by atoms with Gasteiger partial charge in [0.05, 0.1) is 40.3 Å². The van der Waals surface area contributed by atoms with Crippen LogP contribution in [0.25, 0.3) is 0 Å². The Morgan fingerprint density at radius 2 is 0.581 bits per heavy atom.